The third kappa shape index (κ3) is 5.38. The first kappa shape index (κ1) is 34.1. The number of nitrogens with zero attached hydrogens (tertiary/aromatic N) is 3. The quantitative estimate of drug-likeness (QED) is 0.0989. The molecule has 3 nitrogen and oxygen atoms in total. The highest BCUT2D eigenvalue weighted by molar-refractivity contribution is 8.25. The van der Waals surface area contributed by atoms with E-state index in [0.29, 0.717) is 0 Å². The molecule has 0 bridgehead atoms. The van der Waals surface area contributed by atoms with E-state index in [2.05, 4.69) is 204 Å². The van der Waals surface area contributed by atoms with Gasteiger partial charge in [0.25, 0.3) is 0 Å². The van der Waals surface area contributed by atoms with E-state index in [0.717, 1.165) is 33.1 Å². The van der Waals surface area contributed by atoms with Crippen LogP contribution >= 0.6 is 6.04 Å². The zero-order chi connectivity index (χ0) is 39.1. The van der Waals surface area contributed by atoms with Crippen LogP contribution in [-0.2, 0) is 11.8 Å². The van der Waals surface area contributed by atoms with Crippen molar-refractivity contribution in [3.05, 3.63) is 207 Å². The number of fused-ring (bicyclic) bond motifs is 12. The van der Waals surface area contributed by atoms with Gasteiger partial charge in [-0.15, -0.1) is 0 Å². The van der Waals surface area contributed by atoms with Crippen LogP contribution in [0.25, 0.3) is 92.9 Å². The number of aromatic nitrogens is 3. The van der Waals surface area contributed by atoms with Crippen molar-refractivity contribution in [2.75, 3.05) is 0 Å². The average Bonchev–Trinajstić information content (AvgIpc) is 3.70. The topological polar surface area (TPSA) is 30.2 Å². The van der Waals surface area contributed by atoms with Gasteiger partial charge in [-0.1, -0.05) is 157 Å². The lowest BCUT2D eigenvalue weighted by Crippen LogP contribution is -2.24. The normalized spacial score (nSPS) is 12.9. The standard InChI is InChI=1S/C54H34N3PS/c59-58(45-27-29-55-30-28-45,46-25-21-35-7-1-2-9-40(35)32-46)44-23-19-37(20-24-44)36-13-15-38(16-14-36)41-17-18-42-33-49-48-26-22-39-8-3-4-10-47(39)53(48)54-56-50-11-5-6-12-51(50)57(54)52(49)34-43(42)31-41/h1-34H. The van der Waals surface area contributed by atoms with Gasteiger partial charge in [0.2, 0.25) is 0 Å². The molecular formula is C54H34N3PS. The van der Waals surface area contributed by atoms with Crippen LogP contribution in [0.1, 0.15) is 0 Å². The average molecular weight is 788 g/mol. The predicted octanol–water partition coefficient (Wildman–Crippen LogP) is 12.7. The third-order valence-corrected chi connectivity index (χ3v) is 17.1. The zero-order valence-corrected chi connectivity index (χ0v) is 33.5. The van der Waals surface area contributed by atoms with Gasteiger partial charge in [0, 0.05) is 29.2 Å². The van der Waals surface area contributed by atoms with Gasteiger partial charge in [-0.25, -0.2) is 4.98 Å². The fourth-order valence-electron chi connectivity index (χ4n) is 9.13. The minimum absolute atomic E-state index is 0.996. The highest BCUT2D eigenvalue weighted by Gasteiger charge is 2.25. The Balaban J connectivity index is 0.924. The van der Waals surface area contributed by atoms with E-state index in [4.69, 9.17) is 16.8 Å². The van der Waals surface area contributed by atoms with Crippen LogP contribution in [-0.4, -0.2) is 14.4 Å². The fourth-order valence-corrected chi connectivity index (χ4v) is 12.8. The monoisotopic (exact) mass is 787 g/mol. The van der Waals surface area contributed by atoms with Crippen LogP contribution in [0.2, 0.25) is 0 Å². The summed E-state index contributed by atoms with van der Waals surface area (Å²) in [7, 11) is 0. The van der Waals surface area contributed by atoms with Gasteiger partial charge in [0.15, 0.2) is 0 Å². The molecule has 1 unspecified atom stereocenters. The lowest BCUT2D eigenvalue weighted by molar-refractivity contribution is 1.32. The molecule has 0 fully saturated rings. The first-order valence-corrected chi connectivity index (χ1v) is 22.7. The second-order valence-electron chi connectivity index (χ2n) is 15.4. The van der Waals surface area contributed by atoms with E-state index in [-0.39, 0.29) is 0 Å². The van der Waals surface area contributed by atoms with Crippen molar-refractivity contribution in [3.63, 3.8) is 0 Å². The maximum Gasteiger partial charge on any atom is 0.147 e. The molecule has 0 aliphatic rings. The molecule has 0 saturated carbocycles. The van der Waals surface area contributed by atoms with E-state index < -0.39 is 6.04 Å². The van der Waals surface area contributed by atoms with Crippen molar-refractivity contribution in [1.82, 2.24) is 14.4 Å². The molecule has 0 N–H and O–H groups in total. The molecule has 0 aliphatic carbocycles. The van der Waals surface area contributed by atoms with Gasteiger partial charge in [-0.05, 0) is 124 Å². The number of pyridine rings is 2. The molecule has 0 spiro atoms. The maximum absolute atomic E-state index is 6.71. The van der Waals surface area contributed by atoms with Crippen LogP contribution in [0, 0.1) is 0 Å². The van der Waals surface area contributed by atoms with Crippen molar-refractivity contribution in [3.8, 4) is 22.3 Å². The minimum atomic E-state index is -2.33. The minimum Gasteiger partial charge on any atom is -0.292 e. The largest absolute Gasteiger partial charge is 0.292 e. The summed E-state index contributed by atoms with van der Waals surface area (Å²) < 4.78 is 2.36. The van der Waals surface area contributed by atoms with E-state index in [1.807, 2.05) is 12.4 Å². The van der Waals surface area contributed by atoms with E-state index in [1.165, 1.54) is 75.8 Å². The van der Waals surface area contributed by atoms with E-state index in [9.17, 15) is 0 Å². The molecule has 0 aliphatic heterocycles. The number of hydrogen-bond donors (Lipinski definition) is 0. The second kappa shape index (κ2) is 13.3. The third-order valence-electron chi connectivity index (χ3n) is 12.1. The Labute approximate surface area is 345 Å². The number of imidazole rings is 1. The number of rotatable bonds is 5. The summed E-state index contributed by atoms with van der Waals surface area (Å²) in [5.41, 5.74) is 8.98. The van der Waals surface area contributed by atoms with Crippen molar-refractivity contribution in [1.29, 1.82) is 0 Å². The summed E-state index contributed by atoms with van der Waals surface area (Å²) in [5, 5.41) is 14.4. The number of benzene rings is 9. The van der Waals surface area contributed by atoms with Crippen molar-refractivity contribution < 1.29 is 0 Å². The van der Waals surface area contributed by atoms with Crippen LogP contribution in [0.3, 0.4) is 0 Å². The molecular weight excluding hydrogens is 754 g/mol. The molecule has 0 saturated heterocycles. The fraction of sp³-hybridized carbons (Fsp3) is 0. The number of hydrogen-bond acceptors (Lipinski definition) is 3. The summed E-state index contributed by atoms with van der Waals surface area (Å²) >= 11 is 6.71. The molecule has 0 amide bonds. The molecule has 1 atom stereocenters. The van der Waals surface area contributed by atoms with Crippen molar-refractivity contribution >= 4 is 104 Å². The van der Waals surface area contributed by atoms with E-state index >= 15 is 0 Å². The zero-order valence-electron chi connectivity index (χ0n) is 31.8. The Morgan fingerprint density at radius 3 is 1.80 bits per heavy atom. The Morgan fingerprint density at radius 1 is 0.390 bits per heavy atom. The lowest BCUT2D eigenvalue weighted by Gasteiger charge is -2.24. The van der Waals surface area contributed by atoms with Crippen LogP contribution < -0.4 is 15.9 Å². The Morgan fingerprint density at radius 2 is 0.983 bits per heavy atom. The van der Waals surface area contributed by atoms with Gasteiger partial charge in [-0.3, -0.25) is 9.38 Å². The van der Waals surface area contributed by atoms with Crippen molar-refractivity contribution in [2.45, 2.75) is 0 Å². The molecule has 9 aromatic carbocycles. The van der Waals surface area contributed by atoms with Gasteiger partial charge in [0.05, 0.1) is 16.6 Å². The molecule has 0 radical (unpaired) electrons. The molecule has 12 rings (SSSR count). The molecule has 59 heavy (non-hydrogen) atoms. The van der Waals surface area contributed by atoms with E-state index in [1.54, 1.807) is 0 Å². The SMILES string of the molecule is S=P(c1ccncc1)(c1ccc(-c2ccc(-c3ccc4cc5c6ccc7ccccc7c6c6nc7ccccc7n6c5cc4c3)cc2)cc1)c1ccc2ccccc2c1. The summed E-state index contributed by atoms with van der Waals surface area (Å²) in [4.78, 5) is 9.54. The molecule has 3 heterocycles. The van der Waals surface area contributed by atoms with Gasteiger partial charge < -0.3 is 0 Å². The van der Waals surface area contributed by atoms with Gasteiger partial charge in [0.1, 0.15) is 5.65 Å². The summed E-state index contributed by atoms with van der Waals surface area (Å²) in [6.45, 7) is 0. The Bertz CT molecular complexity index is 3690. The molecule has 3 aromatic heterocycles. The number of para-hydroxylation sites is 2. The first-order chi connectivity index (χ1) is 29.1. The van der Waals surface area contributed by atoms with Crippen LogP contribution in [0.15, 0.2) is 207 Å². The van der Waals surface area contributed by atoms with Crippen LogP contribution in [0.5, 0.6) is 0 Å². The summed E-state index contributed by atoms with van der Waals surface area (Å²) in [6.07, 6.45) is 3.71. The Hall–Kier alpha value is -6.97. The molecule has 12 aromatic rings. The van der Waals surface area contributed by atoms with Gasteiger partial charge in [-0.2, -0.15) is 0 Å². The maximum atomic E-state index is 6.71. The molecule has 5 heteroatoms. The van der Waals surface area contributed by atoms with Gasteiger partial charge >= 0.3 is 0 Å². The lowest BCUT2D eigenvalue weighted by atomic mass is 9.95. The van der Waals surface area contributed by atoms with Crippen molar-refractivity contribution in [2.24, 2.45) is 0 Å². The summed E-state index contributed by atoms with van der Waals surface area (Å²) in [5.74, 6) is 0. The van der Waals surface area contributed by atoms with Crippen LogP contribution in [0.4, 0.5) is 0 Å². The second-order valence-corrected chi connectivity index (χ2v) is 19.8. The Kier molecular flexibility index (Phi) is 7.68. The molecule has 276 valence electrons. The highest BCUT2D eigenvalue weighted by atomic mass is 32.4. The summed E-state index contributed by atoms with van der Waals surface area (Å²) in [6, 6.07) is 68.1. The highest BCUT2D eigenvalue weighted by Crippen LogP contribution is 2.44. The smallest absolute Gasteiger partial charge is 0.147 e. The first-order valence-electron chi connectivity index (χ1n) is 19.9. The predicted molar refractivity (Wildman–Crippen MR) is 255 cm³/mol.